The Morgan fingerprint density at radius 3 is 3.14 bits per heavy atom. The van der Waals surface area contributed by atoms with Crippen LogP contribution in [0, 0.1) is 0 Å². The number of hydrazine groups is 1. The second kappa shape index (κ2) is 2.80. The van der Waals surface area contributed by atoms with Gasteiger partial charge in [0.15, 0.2) is 0 Å². The van der Waals surface area contributed by atoms with Gasteiger partial charge in [-0.25, -0.2) is 0 Å². The van der Waals surface area contributed by atoms with Crippen molar-refractivity contribution in [2.45, 2.75) is 6.54 Å². The molecule has 3 heteroatoms. The van der Waals surface area contributed by atoms with Gasteiger partial charge in [-0.05, 0) is 17.7 Å². The molecule has 3 nitrogen and oxygen atoms in total. The smallest absolute Gasteiger partial charge is 0.0750 e. The number of nitrogens with zero attached hydrogens (tertiary/aromatic N) is 1. The van der Waals surface area contributed by atoms with Crippen molar-refractivity contribution in [1.29, 1.82) is 0 Å². The van der Waals surface area contributed by atoms with Crippen molar-refractivity contribution in [2.75, 3.05) is 5.32 Å². The Morgan fingerprint density at radius 2 is 2.14 bits per heavy atom. The lowest BCUT2D eigenvalue weighted by Crippen LogP contribution is -2.27. The standard InChI is InChI=1S/C11H11N3/c1-2-4-11-9(3-1)8-14-10(7-12-11)5-6-13-14/h1-7,12-13H,8H2. The second-order valence-corrected chi connectivity index (χ2v) is 3.42. The van der Waals surface area contributed by atoms with E-state index in [-0.39, 0.29) is 0 Å². The molecule has 0 bridgehead atoms. The minimum atomic E-state index is 0.891. The Kier molecular flexibility index (Phi) is 1.50. The summed E-state index contributed by atoms with van der Waals surface area (Å²) in [6.07, 6.45) is 6.02. The van der Waals surface area contributed by atoms with Crippen LogP contribution in [0.4, 0.5) is 5.69 Å². The average Bonchev–Trinajstić information content (AvgIpc) is 2.58. The predicted octanol–water partition coefficient (Wildman–Crippen LogP) is 1.79. The van der Waals surface area contributed by atoms with Crippen molar-refractivity contribution in [3.8, 4) is 0 Å². The van der Waals surface area contributed by atoms with Gasteiger partial charge in [-0.3, -0.25) is 5.01 Å². The van der Waals surface area contributed by atoms with Gasteiger partial charge in [-0.2, -0.15) is 0 Å². The van der Waals surface area contributed by atoms with Gasteiger partial charge in [0.1, 0.15) is 0 Å². The fraction of sp³-hybridized carbons (Fsp3) is 0.0909. The number of anilines is 1. The topological polar surface area (TPSA) is 27.3 Å². The summed E-state index contributed by atoms with van der Waals surface area (Å²) in [6.45, 7) is 0.891. The fourth-order valence-corrected chi connectivity index (χ4v) is 1.76. The largest absolute Gasteiger partial charge is 0.359 e. The number of hydrogen-bond acceptors (Lipinski definition) is 3. The molecule has 0 aromatic heterocycles. The van der Waals surface area contributed by atoms with E-state index in [2.05, 4.69) is 40.0 Å². The third kappa shape index (κ3) is 1.06. The van der Waals surface area contributed by atoms with E-state index < -0.39 is 0 Å². The minimum Gasteiger partial charge on any atom is -0.359 e. The van der Waals surface area contributed by atoms with Crippen molar-refractivity contribution >= 4 is 5.69 Å². The molecule has 0 aliphatic carbocycles. The van der Waals surface area contributed by atoms with Crippen molar-refractivity contribution in [1.82, 2.24) is 10.4 Å². The number of nitrogens with one attached hydrogen (secondary N) is 2. The Bertz CT molecular complexity index is 420. The predicted molar refractivity (Wildman–Crippen MR) is 56.0 cm³/mol. The van der Waals surface area contributed by atoms with Crippen molar-refractivity contribution in [3.05, 3.63) is 54.0 Å². The van der Waals surface area contributed by atoms with Gasteiger partial charge in [0.2, 0.25) is 0 Å². The van der Waals surface area contributed by atoms with Crippen LogP contribution in [-0.2, 0) is 6.54 Å². The molecule has 1 aromatic rings. The summed E-state index contributed by atoms with van der Waals surface area (Å²) in [6, 6.07) is 8.34. The summed E-state index contributed by atoms with van der Waals surface area (Å²) < 4.78 is 0. The molecule has 1 aromatic carbocycles. The number of para-hydroxylation sites is 1. The molecule has 0 amide bonds. The summed E-state index contributed by atoms with van der Waals surface area (Å²) in [5.74, 6) is 0. The van der Waals surface area contributed by atoms with Gasteiger partial charge in [0.05, 0.1) is 12.2 Å². The first-order chi connectivity index (χ1) is 6.93. The highest BCUT2D eigenvalue weighted by atomic mass is 15.5. The molecule has 2 N–H and O–H groups in total. The van der Waals surface area contributed by atoms with Crippen LogP contribution in [0.5, 0.6) is 0 Å². The highest BCUT2D eigenvalue weighted by molar-refractivity contribution is 5.55. The maximum Gasteiger partial charge on any atom is 0.0750 e. The molecular weight excluding hydrogens is 174 g/mol. The maximum atomic E-state index is 3.30. The summed E-state index contributed by atoms with van der Waals surface area (Å²) in [7, 11) is 0. The van der Waals surface area contributed by atoms with Crippen LogP contribution in [0.3, 0.4) is 0 Å². The molecule has 0 atom stereocenters. The molecule has 0 radical (unpaired) electrons. The molecule has 0 saturated heterocycles. The Hall–Kier alpha value is -1.90. The fourth-order valence-electron chi connectivity index (χ4n) is 1.76. The van der Waals surface area contributed by atoms with Crippen LogP contribution in [0.25, 0.3) is 0 Å². The monoisotopic (exact) mass is 185 g/mol. The zero-order chi connectivity index (χ0) is 9.38. The van der Waals surface area contributed by atoms with Gasteiger partial charge in [0, 0.05) is 18.1 Å². The van der Waals surface area contributed by atoms with E-state index in [4.69, 9.17) is 0 Å². The van der Waals surface area contributed by atoms with E-state index in [1.165, 1.54) is 16.9 Å². The van der Waals surface area contributed by atoms with Crippen molar-refractivity contribution < 1.29 is 0 Å². The third-order valence-electron chi connectivity index (χ3n) is 2.52. The number of allylic oxidation sites excluding steroid dienone is 1. The molecule has 2 heterocycles. The molecule has 70 valence electrons. The molecular formula is C11H11N3. The first-order valence-electron chi connectivity index (χ1n) is 4.68. The van der Waals surface area contributed by atoms with Crippen LogP contribution in [0.15, 0.2) is 48.4 Å². The van der Waals surface area contributed by atoms with Crippen molar-refractivity contribution in [2.24, 2.45) is 0 Å². The molecule has 0 saturated carbocycles. The van der Waals surface area contributed by atoms with Crippen LogP contribution in [0.1, 0.15) is 5.56 Å². The number of rotatable bonds is 0. The third-order valence-corrected chi connectivity index (χ3v) is 2.52. The maximum absolute atomic E-state index is 3.30. The second-order valence-electron chi connectivity index (χ2n) is 3.42. The SMILES string of the molecule is C1=CC2=CNc3ccccc3CN2N1. The molecule has 3 rings (SSSR count). The highest BCUT2D eigenvalue weighted by Gasteiger charge is 2.16. The normalized spacial score (nSPS) is 17.4. The summed E-state index contributed by atoms with van der Waals surface area (Å²) in [5, 5.41) is 5.41. The zero-order valence-corrected chi connectivity index (χ0v) is 7.70. The van der Waals surface area contributed by atoms with Gasteiger partial charge < -0.3 is 10.7 Å². The average molecular weight is 185 g/mol. The van der Waals surface area contributed by atoms with E-state index in [1.807, 2.05) is 18.5 Å². The molecule has 14 heavy (non-hydrogen) atoms. The highest BCUT2D eigenvalue weighted by Crippen LogP contribution is 2.23. The van der Waals surface area contributed by atoms with Gasteiger partial charge in [-0.15, -0.1) is 0 Å². The van der Waals surface area contributed by atoms with E-state index in [1.54, 1.807) is 0 Å². The van der Waals surface area contributed by atoms with Crippen LogP contribution in [-0.4, -0.2) is 5.01 Å². The van der Waals surface area contributed by atoms with Crippen LogP contribution in [0.2, 0.25) is 0 Å². The van der Waals surface area contributed by atoms with Crippen molar-refractivity contribution in [3.63, 3.8) is 0 Å². The quantitative estimate of drug-likeness (QED) is 0.645. The van der Waals surface area contributed by atoms with E-state index in [0.717, 1.165) is 6.54 Å². The van der Waals surface area contributed by atoms with Crippen LogP contribution < -0.4 is 10.7 Å². The zero-order valence-electron chi connectivity index (χ0n) is 7.70. The number of benzene rings is 1. The van der Waals surface area contributed by atoms with E-state index in [0.29, 0.717) is 0 Å². The molecule has 0 spiro atoms. The lowest BCUT2D eigenvalue weighted by atomic mass is 10.2. The molecule has 2 aliphatic heterocycles. The lowest BCUT2D eigenvalue weighted by Gasteiger charge is -2.18. The Balaban J connectivity index is 2.03. The first-order valence-corrected chi connectivity index (χ1v) is 4.68. The molecule has 2 aliphatic rings. The molecule has 0 unspecified atom stereocenters. The summed E-state index contributed by atoms with van der Waals surface area (Å²) in [5.41, 5.74) is 6.84. The van der Waals surface area contributed by atoms with Crippen LogP contribution >= 0.6 is 0 Å². The molecule has 0 fully saturated rings. The minimum absolute atomic E-state index is 0.891. The lowest BCUT2D eigenvalue weighted by molar-refractivity contribution is 0.307. The summed E-state index contributed by atoms with van der Waals surface area (Å²) in [4.78, 5) is 0. The van der Waals surface area contributed by atoms with Gasteiger partial charge in [0.25, 0.3) is 0 Å². The summed E-state index contributed by atoms with van der Waals surface area (Å²) >= 11 is 0. The Morgan fingerprint density at radius 1 is 1.21 bits per heavy atom. The first kappa shape index (κ1) is 7.50. The van der Waals surface area contributed by atoms with Gasteiger partial charge >= 0.3 is 0 Å². The number of hydrogen-bond donors (Lipinski definition) is 2. The number of fused-ring (bicyclic) bond motifs is 2. The van der Waals surface area contributed by atoms with E-state index >= 15 is 0 Å². The Labute approximate surface area is 82.7 Å². The van der Waals surface area contributed by atoms with E-state index in [9.17, 15) is 0 Å². The van der Waals surface area contributed by atoms with Gasteiger partial charge in [-0.1, -0.05) is 18.2 Å².